The Morgan fingerprint density at radius 3 is 2.95 bits per heavy atom. The van der Waals surface area contributed by atoms with Crippen molar-refractivity contribution in [3.63, 3.8) is 0 Å². The Balaban J connectivity index is 1.95. The van der Waals surface area contributed by atoms with E-state index in [-0.39, 0.29) is 11.8 Å². The van der Waals surface area contributed by atoms with Crippen LogP contribution in [0.25, 0.3) is 5.65 Å². The molecule has 2 heterocycles. The van der Waals surface area contributed by atoms with Crippen LogP contribution in [0.2, 0.25) is 0 Å². The first kappa shape index (κ1) is 14.5. The highest BCUT2D eigenvalue weighted by atomic mass is 16.1. The molecule has 1 N–H and O–H groups in total. The molecule has 0 saturated heterocycles. The average molecular weight is 274 g/mol. The number of rotatable bonds is 7. The van der Waals surface area contributed by atoms with Crippen LogP contribution >= 0.6 is 0 Å². The van der Waals surface area contributed by atoms with Gasteiger partial charge in [0.25, 0.3) is 0 Å². The molecule has 1 atom stereocenters. The number of carbonyl (C=O) groups excluding carboxylic acids is 1. The predicted molar refractivity (Wildman–Crippen MR) is 78.1 cm³/mol. The molecule has 2 aromatic heterocycles. The summed E-state index contributed by atoms with van der Waals surface area (Å²) in [6.07, 6.45) is 5.97. The van der Waals surface area contributed by atoms with Gasteiger partial charge in [-0.05, 0) is 25.0 Å². The summed E-state index contributed by atoms with van der Waals surface area (Å²) in [7, 11) is 0. The summed E-state index contributed by atoms with van der Waals surface area (Å²) < 4.78 is 1.90. The quantitative estimate of drug-likeness (QED) is 0.844. The molecule has 0 aliphatic heterocycles. The second-order valence-corrected chi connectivity index (χ2v) is 5.01. The van der Waals surface area contributed by atoms with Gasteiger partial charge in [0.15, 0.2) is 11.5 Å². The number of carbonyl (C=O) groups is 1. The van der Waals surface area contributed by atoms with Gasteiger partial charge in [-0.25, -0.2) is 0 Å². The number of hydrogen-bond acceptors (Lipinski definition) is 3. The van der Waals surface area contributed by atoms with Crippen LogP contribution in [0.3, 0.4) is 0 Å². The normalized spacial score (nSPS) is 12.5. The van der Waals surface area contributed by atoms with Crippen molar-refractivity contribution < 1.29 is 4.79 Å². The Bertz CT molecular complexity index is 564. The Hall–Kier alpha value is -1.91. The maximum Gasteiger partial charge on any atom is 0.223 e. The van der Waals surface area contributed by atoms with Crippen LogP contribution < -0.4 is 5.32 Å². The first-order valence-electron chi connectivity index (χ1n) is 7.32. The molecule has 2 rings (SSSR count). The lowest BCUT2D eigenvalue weighted by atomic mass is 9.98. The van der Waals surface area contributed by atoms with E-state index in [9.17, 15) is 4.79 Å². The largest absolute Gasteiger partial charge is 0.349 e. The molecule has 0 radical (unpaired) electrons. The summed E-state index contributed by atoms with van der Waals surface area (Å²) in [5.41, 5.74) is 0.801. The molecular formula is C15H22N4O. The van der Waals surface area contributed by atoms with Crippen LogP contribution in [-0.4, -0.2) is 20.5 Å². The molecule has 0 saturated carbocycles. The van der Waals surface area contributed by atoms with Gasteiger partial charge >= 0.3 is 0 Å². The van der Waals surface area contributed by atoms with Crippen molar-refractivity contribution in [1.29, 1.82) is 0 Å². The number of amides is 1. The highest BCUT2D eigenvalue weighted by molar-refractivity contribution is 5.78. The molecule has 20 heavy (non-hydrogen) atoms. The van der Waals surface area contributed by atoms with E-state index in [0.717, 1.165) is 37.2 Å². The second-order valence-electron chi connectivity index (χ2n) is 5.01. The van der Waals surface area contributed by atoms with Crippen molar-refractivity contribution >= 4 is 11.6 Å². The molecule has 1 amide bonds. The van der Waals surface area contributed by atoms with Crippen LogP contribution in [0.4, 0.5) is 0 Å². The third-order valence-electron chi connectivity index (χ3n) is 3.57. The second kappa shape index (κ2) is 7.03. The summed E-state index contributed by atoms with van der Waals surface area (Å²) >= 11 is 0. The third kappa shape index (κ3) is 3.35. The van der Waals surface area contributed by atoms with Crippen molar-refractivity contribution in [3.05, 3.63) is 30.2 Å². The molecule has 0 fully saturated rings. The zero-order valence-corrected chi connectivity index (χ0v) is 12.2. The molecule has 5 heteroatoms. The minimum absolute atomic E-state index is 0.106. The van der Waals surface area contributed by atoms with Gasteiger partial charge < -0.3 is 5.32 Å². The van der Waals surface area contributed by atoms with E-state index < -0.39 is 0 Å². The minimum atomic E-state index is 0.106. The van der Waals surface area contributed by atoms with Gasteiger partial charge in [0.05, 0.1) is 6.54 Å². The number of pyridine rings is 1. The smallest absolute Gasteiger partial charge is 0.223 e. The monoisotopic (exact) mass is 274 g/mol. The topological polar surface area (TPSA) is 59.3 Å². The van der Waals surface area contributed by atoms with E-state index >= 15 is 0 Å². The van der Waals surface area contributed by atoms with Crippen LogP contribution in [-0.2, 0) is 11.3 Å². The SMILES string of the molecule is CCCCC(CC)C(=O)NCc1nnc2ccccn12. The molecular weight excluding hydrogens is 252 g/mol. The maximum atomic E-state index is 12.1. The fraction of sp³-hybridized carbons (Fsp3) is 0.533. The van der Waals surface area contributed by atoms with Crippen molar-refractivity contribution in [3.8, 4) is 0 Å². The number of nitrogens with one attached hydrogen (secondary N) is 1. The Kier molecular flexibility index (Phi) is 5.09. The van der Waals surface area contributed by atoms with E-state index in [1.54, 1.807) is 0 Å². The van der Waals surface area contributed by atoms with Crippen molar-refractivity contribution in [2.45, 2.75) is 46.1 Å². The number of aromatic nitrogens is 3. The molecule has 1 unspecified atom stereocenters. The lowest BCUT2D eigenvalue weighted by Crippen LogP contribution is -2.30. The molecule has 0 bridgehead atoms. The fourth-order valence-corrected chi connectivity index (χ4v) is 2.29. The standard InChI is InChI=1S/C15H22N4O/c1-3-5-8-12(4-2)15(20)16-11-14-18-17-13-9-6-7-10-19(13)14/h6-7,9-10,12H,3-5,8,11H2,1-2H3,(H,16,20). The number of hydrogen-bond donors (Lipinski definition) is 1. The van der Waals surface area contributed by atoms with Gasteiger partial charge in [0, 0.05) is 12.1 Å². The van der Waals surface area contributed by atoms with Crippen molar-refractivity contribution in [2.24, 2.45) is 5.92 Å². The number of fused-ring (bicyclic) bond motifs is 1. The van der Waals surface area contributed by atoms with E-state index in [1.165, 1.54) is 0 Å². The van der Waals surface area contributed by atoms with E-state index in [0.29, 0.717) is 6.54 Å². The summed E-state index contributed by atoms with van der Waals surface area (Å²) in [6.45, 7) is 4.63. The third-order valence-corrected chi connectivity index (χ3v) is 3.57. The molecule has 108 valence electrons. The summed E-state index contributed by atoms with van der Waals surface area (Å²) in [4.78, 5) is 12.1. The summed E-state index contributed by atoms with van der Waals surface area (Å²) in [5.74, 6) is 0.988. The van der Waals surface area contributed by atoms with E-state index in [4.69, 9.17) is 0 Å². The number of unbranched alkanes of at least 4 members (excludes halogenated alkanes) is 1. The van der Waals surface area contributed by atoms with Gasteiger partial charge in [0.1, 0.15) is 0 Å². The van der Waals surface area contributed by atoms with Crippen molar-refractivity contribution in [2.75, 3.05) is 0 Å². The number of nitrogens with zero attached hydrogens (tertiary/aromatic N) is 3. The van der Waals surface area contributed by atoms with E-state index in [2.05, 4.69) is 29.4 Å². The Labute approximate surface area is 119 Å². The Morgan fingerprint density at radius 1 is 1.35 bits per heavy atom. The first-order valence-corrected chi connectivity index (χ1v) is 7.32. The van der Waals surface area contributed by atoms with Crippen LogP contribution in [0.15, 0.2) is 24.4 Å². The molecule has 0 aliphatic rings. The molecule has 2 aromatic rings. The van der Waals surface area contributed by atoms with Gasteiger partial charge in [-0.2, -0.15) is 0 Å². The summed E-state index contributed by atoms with van der Waals surface area (Å²) in [5, 5.41) is 11.2. The predicted octanol–water partition coefficient (Wildman–Crippen LogP) is 2.56. The zero-order valence-electron chi connectivity index (χ0n) is 12.2. The summed E-state index contributed by atoms with van der Waals surface area (Å²) in [6, 6.07) is 5.75. The highest BCUT2D eigenvalue weighted by Gasteiger charge is 2.16. The van der Waals surface area contributed by atoms with E-state index in [1.807, 2.05) is 28.8 Å². The van der Waals surface area contributed by atoms with Crippen LogP contribution in [0.1, 0.15) is 45.4 Å². The lowest BCUT2D eigenvalue weighted by Gasteiger charge is -2.13. The first-order chi connectivity index (χ1) is 9.76. The Morgan fingerprint density at radius 2 is 2.20 bits per heavy atom. The van der Waals surface area contributed by atoms with Crippen molar-refractivity contribution in [1.82, 2.24) is 19.9 Å². The molecule has 5 nitrogen and oxygen atoms in total. The van der Waals surface area contributed by atoms with Crippen LogP contribution in [0, 0.1) is 5.92 Å². The molecule has 0 spiro atoms. The minimum Gasteiger partial charge on any atom is -0.349 e. The average Bonchev–Trinajstić information content (AvgIpc) is 2.89. The van der Waals surface area contributed by atoms with Gasteiger partial charge in [0.2, 0.25) is 5.91 Å². The highest BCUT2D eigenvalue weighted by Crippen LogP contribution is 2.13. The van der Waals surface area contributed by atoms with Gasteiger partial charge in [-0.1, -0.05) is 32.8 Å². The molecule has 0 aromatic carbocycles. The zero-order chi connectivity index (χ0) is 14.4. The maximum absolute atomic E-state index is 12.1. The molecule has 0 aliphatic carbocycles. The fourth-order valence-electron chi connectivity index (χ4n) is 2.29. The van der Waals surface area contributed by atoms with Gasteiger partial charge in [-0.3, -0.25) is 9.20 Å². The van der Waals surface area contributed by atoms with Gasteiger partial charge in [-0.15, -0.1) is 10.2 Å². The van der Waals surface area contributed by atoms with Crippen LogP contribution in [0.5, 0.6) is 0 Å². The lowest BCUT2D eigenvalue weighted by molar-refractivity contribution is -0.125.